The van der Waals surface area contributed by atoms with Crippen molar-refractivity contribution in [3.05, 3.63) is 32.2 Å². The molecule has 1 aromatic heterocycles. The van der Waals surface area contributed by atoms with E-state index in [-0.39, 0.29) is 5.56 Å². The highest BCUT2D eigenvalue weighted by Gasteiger charge is 2.14. The highest BCUT2D eigenvalue weighted by atomic mass is 79.9. The number of aromatic amines is 1. The monoisotopic (exact) mass is 228 g/mol. The second-order valence-corrected chi connectivity index (χ2v) is 3.70. The molecule has 0 radical (unpaired) electrons. The van der Waals surface area contributed by atoms with Gasteiger partial charge in [-0.2, -0.15) is 0 Å². The fourth-order valence-electron chi connectivity index (χ4n) is 1.47. The molecular weight excluding hydrogens is 220 g/mol. The normalized spacial score (nSPS) is 15.8. The van der Waals surface area contributed by atoms with Gasteiger partial charge in [0.25, 0.3) is 5.56 Å². The summed E-state index contributed by atoms with van der Waals surface area (Å²) in [5.74, 6) is 0. The van der Waals surface area contributed by atoms with Gasteiger partial charge < -0.3 is 10.3 Å². The van der Waals surface area contributed by atoms with Crippen LogP contribution < -0.4 is 10.9 Å². The van der Waals surface area contributed by atoms with Gasteiger partial charge in [-0.15, -0.1) is 0 Å². The molecule has 0 saturated carbocycles. The molecule has 2 N–H and O–H groups in total. The van der Waals surface area contributed by atoms with Crippen molar-refractivity contribution in [2.45, 2.75) is 13.0 Å². The summed E-state index contributed by atoms with van der Waals surface area (Å²) in [6, 6.07) is 0. The maximum absolute atomic E-state index is 11.3. The van der Waals surface area contributed by atoms with Gasteiger partial charge in [-0.25, -0.2) is 0 Å². The number of H-pyrrole nitrogens is 1. The molecule has 0 amide bonds. The lowest BCUT2D eigenvalue weighted by Crippen LogP contribution is -2.30. The average molecular weight is 229 g/mol. The first-order chi connectivity index (χ1) is 5.79. The van der Waals surface area contributed by atoms with Crippen molar-refractivity contribution >= 4 is 15.9 Å². The maximum atomic E-state index is 11.3. The third-order valence-corrected chi connectivity index (χ3v) is 2.82. The molecule has 1 aliphatic rings. The Kier molecular flexibility index (Phi) is 2.02. The molecular formula is C8H9BrN2O. The second kappa shape index (κ2) is 3.03. The molecule has 0 unspecified atom stereocenters. The van der Waals surface area contributed by atoms with Crippen LogP contribution in [0, 0.1) is 0 Å². The number of nitrogens with one attached hydrogen (secondary N) is 2. The Morgan fingerprint density at radius 2 is 2.25 bits per heavy atom. The molecule has 0 saturated heterocycles. The van der Waals surface area contributed by atoms with Crippen molar-refractivity contribution in [3.8, 4) is 0 Å². The van der Waals surface area contributed by atoms with Crippen LogP contribution in [0.1, 0.15) is 11.1 Å². The number of pyridine rings is 1. The number of rotatable bonds is 0. The molecule has 4 heteroatoms. The van der Waals surface area contributed by atoms with E-state index in [4.69, 9.17) is 0 Å². The lowest BCUT2D eigenvalue weighted by molar-refractivity contribution is 0.634. The zero-order chi connectivity index (χ0) is 8.55. The molecule has 0 aliphatic carbocycles. The first-order valence-electron chi connectivity index (χ1n) is 3.88. The summed E-state index contributed by atoms with van der Waals surface area (Å²) < 4.78 is 1.01. The van der Waals surface area contributed by atoms with Crippen molar-refractivity contribution in [2.75, 3.05) is 6.54 Å². The zero-order valence-electron chi connectivity index (χ0n) is 6.48. The van der Waals surface area contributed by atoms with E-state index < -0.39 is 0 Å². The summed E-state index contributed by atoms with van der Waals surface area (Å²) in [6.45, 7) is 1.64. The van der Waals surface area contributed by atoms with Crippen molar-refractivity contribution in [2.24, 2.45) is 0 Å². The van der Waals surface area contributed by atoms with Crippen LogP contribution in [0.3, 0.4) is 0 Å². The predicted octanol–water partition coefficient (Wildman–Crippen LogP) is 0.783. The van der Waals surface area contributed by atoms with Gasteiger partial charge in [-0.1, -0.05) is 0 Å². The zero-order valence-corrected chi connectivity index (χ0v) is 8.07. The standard InChI is InChI=1S/C8H9BrN2O/c9-7-4-11-8(12)6-3-10-2-1-5(6)7/h4,10H,1-3H2,(H,11,12). The van der Waals surface area contributed by atoms with E-state index in [9.17, 15) is 4.79 Å². The molecule has 0 fully saturated rings. The second-order valence-electron chi connectivity index (χ2n) is 2.85. The fraction of sp³-hybridized carbons (Fsp3) is 0.375. The van der Waals surface area contributed by atoms with E-state index in [1.165, 1.54) is 0 Å². The summed E-state index contributed by atoms with van der Waals surface area (Å²) in [5, 5.41) is 3.17. The summed E-state index contributed by atoms with van der Waals surface area (Å²) in [5.41, 5.74) is 2.05. The molecule has 12 heavy (non-hydrogen) atoms. The predicted molar refractivity (Wildman–Crippen MR) is 50.2 cm³/mol. The van der Waals surface area contributed by atoms with Gasteiger partial charge >= 0.3 is 0 Å². The fourth-order valence-corrected chi connectivity index (χ4v) is 2.02. The number of aromatic nitrogens is 1. The quantitative estimate of drug-likeness (QED) is 0.690. The molecule has 0 spiro atoms. The Hall–Kier alpha value is -0.610. The van der Waals surface area contributed by atoms with Crippen molar-refractivity contribution in [1.82, 2.24) is 10.3 Å². The maximum Gasteiger partial charge on any atom is 0.252 e. The number of hydrogen-bond acceptors (Lipinski definition) is 2. The van der Waals surface area contributed by atoms with E-state index in [2.05, 4.69) is 26.2 Å². The van der Waals surface area contributed by atoms with Crippen LogP contribution in [0.2, 0.25) is 0 Å². The number of halogens is 1. The molecule has 2 heterocycles. The van der Waals surface area contributed by atoms with Gasteiger partial charge in [0.1, 0.15) is 0 Å². The summed E-state index contributed by atoms with van der Waals surface area (Å²) in [6.07, 6.45) is 2.65. The minimum atomic E-state index is 0.0281. The Labute approximate surface area is 78.3 Å². The van der Waals surface area contributed by atoms with Crippen molar-refractivity contribution < 1.29 is 0 Å². The minimum absolute atomic E-state index is 0.0281. The lowest BCUT2D eigenvalue weighted by Gasteiger charge is -2.16. The van der Waals surface area contributed by atoms with Gasteiger partial charge in [0.15, 0.2) is 0 Å². The topological polar surface area (TPSA) is 44.9 Å². The molecule has 0 aromatic carbocycles. The highest BCUT2D eigenvalue weighted by molar-refractivity contribution is 9.10. The Morgan fingerprint density at radius 3 is 3.00 bits per heavy atom. The van der Waals surface area contributed by atoms with E-state index in [0.717, 1.165) is 28.6 Å². The lowest BCUT2D eigenvalue weighted by atomic mass is 10.0. The van der Waals surface area contributed by atoms with Crippen LogP contribution in [0.15, 0.2) is 15.5 Å². The van der Waals surface area contributed by atoms with Gasteiger partial charge in [0.2, 0.25) is 0 Å². The molecule has 1 aromatic rings. The van der Waals surface area contributed by atoms with Crippen LogP contribution in [0.4, 0.5) is 0 Å². The molecule has 3 nitrogen and oxygen atoms in total. The van der Waals surface area contributed by atoms with Crippen LogP contribution in [0.5, 0.6) is 0 Å². The van der Waals surface area contributed by atoms with E-state index in [1.54, 1.807) is 6.20 Å². The van der Waals surface area contributed by atoms with E-state index in [0.29, 0.717) is 6.54 Å². The summed E-state index contributed by atoms with van der Waals surface area (Å²) in [4.78, 5) is 14.0. The molecule has 2 rings (SSSR count). The molecule has 1 aliphatic heterocycles. The molecule has 64 valence electrons. The smallest absolute Gasteiger partial charge is 0.252 e. The molecule has 0 bridgehead atoms. The van der Waals surface area contributed by atoms with Gasteiger partial charge in [0.05, 0.1) is 0 Å². The first kappa shape index (κ1) is 8.01. The van der Waals surface area contributed by atoms with Crippen LogP contribution in [-0.2, 0) is 13.0 Å². The number of fused-ring (bicyclic) bond motifs is 1. The third-order valence-electron chi connectivity index (χ3n) is 2.11. The Balaban J connectivity index is 2.64. The van der Waals surface area contributed by atoms with Crippen LogP contribution in [-0.4, -0.2) is 11.5 Å². The number of hydrogen-bond donors (Lipinski definition) is 2. The summed E-state index contributed by atoms with van der Waals surface area (Å²) >= 11 is 3.42. The highest BCUT2D eigenvalue weighted by Crippen LogP contribution is 2.19. The van der Waals surface area contributed by atoms with Crippen molar-refractivity contribution in [3.63, 3.8) is 0 Å². The largest absolute Gasteiger partial charge is 0.328 e. The Morgan fingerprint density at radius 1 is 1.42 bits per heavy atom. The first-order valence-corrected chi connectivity index (χ1v) is 4.68. The molecule has 0 atom stereocenters. The van der Waals surface area contributed by atoms with Gasteiger partial charge in [-0.3, -0.25) is 4.79 Å². The van der Waals surface area contributed by atoms with Gasteiger partial charge in [-0.05, 0) is 34.5 Å². The third kappa shape index (κ3) is 1.21. The van der Waals surface area contributed by atoms with E-state index >= 15 is 0 Å². The van der Waals surface area contributed by atoms with Crippen molar-refractivity contribution in [1.29, 1.82) is 0 Å². The minimum Gasteiger partial charge on any atom is -0.328 e. The summed E-state index contributed by atoms with van der Waals surface area (Å²) in [7, 11) is 0. The van der Waals surface area contributed by atoms with Gasteiger partial charge in [0, 0.05) is 22.8 Å². The van der Waals surface area contributed by atoms with E-state index in [1.807, 2.05) is 0 Å². The Bertz CT molecular complexity index is 359. The average Bonchev–Trinajstić information content (AvgIpc) is 2.12. The SMILES string of the molecule is O=c1[nH]cc(Br)c2c1CNCC2. The van der Waals surface area contributed by atoms with Crippen LogP contribution >= 0.6 is 15.9 Å². The van der Waals surface area contributed by atoms with Crippen LogP contribution in [0.25, 0.3) is 0 Å².